The molecule has 1 aliphatic carbocycles. The molecule has 1 aliphatic rings. The van der Waals surface area contributed by atoms with Gasteiger partial charge in [0.2, 0.25) is 0 Å². The molecular formula is C14H21ClN2. The molecule has 1 heterocycles. The second-order valence-corrected chi connectivity index (χ2v) is 5.68. The monoisotopic (exact) mass is 252 g/mol. The molecule has 2 nitrogen and oxygen atoms in total. The highest BCUT2D eigenvalue weighted by Gasteiger charge is 2.27. The minimum absolute atomic E-state index is 0.551. The Morgan fingerprint density at radius 3 is 2.76 bits per heavy atom. The molecule has 17 heavy (non-hydrogen) atoms. The molecule has 0 spiro atoms. The highest BCUT2D eigenvalue weighted by molar-refractivity contribution is 6.29. The lowest BCUT2D eigenvalue weighted by Crippen LogP contribution is -2.35. The molecule has 0 aromatic carbocycles. The smallest absolute Gasteiger partial charge is 0.131 e. The van der Waals surface area contributed by atoms with Crippen LogP contribution in [0.3, 0.4) is 0 Å². The lowest BCUT2D eigenvalue weighted by Gasteiger charge is -2.35. The maximum Gasteiger partial charge on any atom is 0.131 e. The summed E-state index contributed by atoms with van der Waals surface area (Å²) in [5, 5.41) is 4.12. The van der Waals surface area contributed by atoms with E-state index >= 15 is 0 Å². The summed E-state index contributed by atoms with van der Waals surface area (Å²) in [6.45, 7) is 4.63. The van der Waals surface area contributed by atoms with Crippen LogP contribution in [-0.2, 0) is 0 Å². The number of nitrogens with zero attached hydrogens (tertiary/aromatic N) is 1. The number of pyridine rings is 1. The van der Waals surface area contributed by atoms with Gasteiger partial charge in [0.05, 0.1) is 0 Å². The first-order chi connectivity index (χ1) is 8.16. The van der Waals surface area contributed by atoms with Crippen LogP contribution in [0, 0.1) is 11.8 Å². The standard InChI is InChI=1S/C14H21ClN2/c1-10(2)11-6-3-4-7-12(11)16-14-9-5-8-13(15)17-14/h5,8-12H,3-4,6-7H2,1-2H3,(H,16,17). The van der Waals surface area contributed by atoms with Gasteiger partial charge in [0.15, 0.2) is 0 Å². The quantitative estimate of drug-likeness (QED) is 0.809. The Balaban J connectivity index is 2.05. The van der Waals surface area contributed by atoms with E-state index in [1.807, 2.05) is 18.2 Å². The van der Waals surface area contributed by atoms with Crippen molar-refractivity contribution in [1.82, 2.24) is 4.98 Å². The lowest BCUT2D eigenvalue weighted by molar-refractivity contribution is 0.253. The van der Waals surface area contributed by atoms with E-state index in [0.717, 1.165) is 17.7 Å². The zero-order valence-electron chi connectivity index (χ0n) is 10.6. The zero-order chi connectivity index (χ0) is 12.3. The van der Waals surface area contributed by atoms with Crippen molar-refractivity contribution in [3.8, 4) is 0 Å². The van der Waals surface area contributed by atoms with Crippen LogP contribution < -0.4 is 5.32 Å². The summed E-state index contributed by atoms with van der Waals surface area (Å²) in [5.41, 5.74) is 0. The number of hydrogen-bond donors (Lipinski definition) is 1. The predicted molar refractivity (Wildman–Crippen MR) is 73.5 cm³/mol. The third-order valence-corrected chi connectivity index (χ3v) is 3.93. The van der Waals surface area contributed by atoms with Crippen molar-refractivity contribution < 1.29 is 0 Å². The zero-order valence-corrected chi connectivity index (χ0v) is 11.4. The van der Waals surface area contributed by atoms with E-state index < -0.39 is 0 Å². The van der Waals surface area contributed by atoms with E-state index in [9.17, 15) is 0 Å². The summed E-state index contributed by atoms with van der Waals surface area (Å²) in [7, 11) is 0. The van der Waals surface area contributed by atoms with Gasteiger partial charge in [0.1, 0.15) is 11.0 Å². The molecule has 1 fully saturated rings. The summed E-state index contributed by atoms with van der Waals surface area (Å²) in [4.78, 5) is 4.32. The maximum atomic E-state index is 5.91. The van der Waals surface area contributed by atoms with E-state index in [4.69, 9.17) is 11.6 Å². The average Bonchev–Trinajstić information content (AvgIpc) is 2.29. The van der Waals surface area contributed by atoms with Gasteiger partial charge in [-0.3, -0.25) is 0 Å². The number of halogens is 1. The lowest BCUT2D eigenvalue weighted by atomic mass is 9.78. The molecule has 1 saturated carbocycles. The normalized spacial score (nSPS) is 24.9. The average molecular weight is 253 g/mol. The third-order valence-electron chi connectivity index (χ3n) is 3.72. The Morgan fingerprint density at radius 2 is 2.06 bits per heavy atom. The fourth-order valence-electron chi connectivity index (χ4n) is 2.82. The number of aromatic nitrogens is 1. The van der Waals surface area contributed by atoms with Crippen molar-refractivity contribution in [2.45, 2.75) is 45.6 Å². The van der Waals surface area contributed by atoms with Crippen LogP contribution in [0.15, 0.2) is 18.2 Å². The molecule has 0 bridgehead atoms. The van der Waals surface area contributed by atoms with Crippen molar-refractivity contribution >= 4 is 17.4 Å². The minimum atomic E-state index is 0.551. The molecule has 1 N–H and O–H groups in total. The van der Waals surface area contributed by atoms with Crippen LogP contribution in [0.1, 0.15) is 39.5 Å². The van der Waals surface area contributed by atoms with Crippen molar-refractivity contribution in [2.24, 2.45) is 11.8 Å². The number of nitrogens with one attached hydrogen (secondary N) is 1. The minimum Gasteiger partial charge on any atom is -0.367 e. The van der Waals surface area contributed by atoms with Crippen LogP contribution >= 0.6 is 11.6 Å². The third kappa shape index (κ3) is 3.35. The summed E-state index contributed by atoms with van der Waals surface area (Å²) < 4.78 is 0. The van der Waals surface area contributed by atoms with Gasteiger partial charge >= 0.3 is 0 Å². The highest BCUT2D eigenvalue weighted by Crippen LogP contribution is 2.32. The van der Waals surface area contributed by atoms with Crippen molar-refractivity contribution in [3.63, 3.8) is 0 Å². The largest absolute Gasteiger partial charge is 0.367 e. The van der Waals surface area contributed by atoms with E-state index in [1.54, 1.807) is 0 Å². The molecule has 0 saturated heterocycles. The number of hydrogen-bond acceptors (Lipinski definition) is 2. The molecule has 2 atom stereocenters. The van der Waals surface area contributed by atoms with Gasteiger partial charge < -0.3 is 5.32 Å². The molecular weight excluding hydrogens is 232 g/mol. The fraction of sp³-hybridized carbons (Fsp3) is 0.643. The van der Waals surface area contributed by atoms with Crippen LogP contribution in [-0.4, -0.2) is 11.0 Å². The molecule has 1 aromatic heterocycles. The van der Waals surface area contributed by atoms with Crippen molar-refractivity contribution in [3.05, 3.63) is 23.4 Å². The van der Waals surface area contributed by atoms with E-state index in [1.165, 1.54) is 25.7 Å². The van der Waals surface area contributed by atoms with Crippen LogP contribution in [0.2, 0.25) is 5.15 Å². The summed E-state index contributed by atoms with van der Waals surface area (Å²) in [6.07, 6.45) is 5.26. The number of rotatable bonds is 3. The van der Waals surface area contributed by atoms with Gasteiger partial charge in [-0.2, -0.15) is 0 Å². The van der Waals surface area contributed by atoms with Crippen molar-refractivity contribution in [1.29, 1.82) is 0 Å². The molecule has 3 heteroatoms. The van der Waals surface area contributed by atoms with Gasteiger partial charge in [-0.25, -0.2) is 4.98 Å². The first-order valence-electron chi connectivity index (χ1n) is 6.56. The first-order valence-corrected chi connectivity index (χ1v) is 6.93. The summed E-state index contributed by atoms with van der Waals surface area (Å²) in [5.74, 6) is 2.39. The first kappa shape index (κ1) is 12.7. The van der Waals surface area contributed by atoms with Crippen LogP contribution in [0.4, 0.5) is 5.82 Å². The SMILES string of the molecule is CC(C)C1CCCCC1Nc1cccc(Cl)n1. The molecule has 94 valence electrons. The van der Waals surface area contributed by atoms with Crippen molar-refractivity contribution in [2.75, 3.05) is 5.32 Å². The topological polar surface area (TPSA) is 24.9 Å². The van der Waals surface area contributed by atoms with Crippen LogP contribution in [0.5, 0.6) is 0 Å². The number of anilines is 1. The maximum absolute atomic E-state index is 5.91. The van der Waals surface area contributed by atoms with Gasteiger partial charge in [-0.15, -0.1) is 0 Å². The van der Waals surface area contributed by atoms with E-state index in [0.29, 0.717) is 11.2 Å². The van der Waals surface area contributed by atoms with Gasteiger partial charge in [-0.05, 0) is 36.8 Å². The van der Waals surface area contributed by atoms with Crippen LogP contribution in [0.25, 0.3) is 0 Å². The van der Waals surface area contributed by atoms with Gasteiger partial charge in [-0.1, -0.05) is 44.4 Å². The molecule has 2 rings (SSSR count). The Bertz CT molecular complexity index is 365. The molecule has 1 aromatic rings. The van der Waals surface area contributed by atoms with Gasteiger partial charge in [0.25, 0.3) is 0 Å². The Morgan fingerprint density at radius 1 is 1.29 bits per heavy atom. The second-order valence-electron chi connectivity index (χ2n) is 5.29. The summed E-state index contributed by atoms with van der Waals surface area (Å²) >= 11 is 5.91. The Kier molecular flexibility index (Phi) is 4.27. The fourth-order valence-corrected chi connectivity index (χ4v) is 2.98. The van der Waals surface area contributed by atoms with Gasteiger partial charge in [0, 0.05) is 6.04 Å². The Labute approximate surface area is 109 Å². The highest BCUT2D eigenvalue weighted by atomic mass is 35.5. The molecule has 0 radical (unpaired) electrons. The second kappa shape index (κ2) is 5.72. The molecule has 0 aliphatic heterocycles. The molecule has 2 unspecified atom stereocenters. The Hall–Kier alpha value is -0.760. The van der Waals surface area contributed by atoms with E-state index in [2.05, 4.69) is 24.1 Å². The summed E-state index contributed by atoms with van der Waals surface area (Å²) in [6, 6.07) is 6.31. The van der Waals surface area contributed by atoms with E-state index in [-0.39, 0.29) is 0 Å². The predicted octanol–water partition coefficient (Wildman–Crippen LogP) is 4.36. The molecule has 0 amide bonds.